The molecular weight excluding hydrogens is 309 g/mol. The largest absolute Gasteiger partial charge is 0.437 e. The maximum Gasteiger partial charge on any atom is 0.240 e. The quantitative estimate of drug-likeness (QED) is 0.649. The van der Waals surface area contributed by atoms with E-state index >= 15 is 0 Å². The first-order valence-corrected chi connectivity index (χ1v) is 6.41. The van der Waals surface area contributed by atoms with Gasteiger partial charge < -0.3 is 10.2 Å². The van der Waals surface area contributed by atoms with Crippen molar-refractivity contribution >= 4 is 40.6 Å². The summed E-state index contributed by atoms with van der Waals surface area (Å²) in [6, 6.07) is 6.74. The maximum absolute atomic E-state index is 6.01. The topological polar surface area (TPSA) is 60.2 Å². The molecule has 0 aliphatic heterocycles. The highest BCUT2D eigenvalue weighted by molar-refractivity contribution is 6.36. The van der Waals surface area contributed by atoms with E-state index in [1.807, 2.05) is 6.92 Å². The lowest BCUT2D eigenvalue weighted by molar-refractivity contribution is 0.463. The van der Waals surface area contributed by atoms with Gasteiger partial charge >= 0.3 is 0 Å². The van der Waals surface area contributed by atoms with Crippen LogP contribution in [0.5, 0.6) is 11.6 Å². The van der Waals surface area contributed by atoms with Crippen LogP contribution < -0.4 is 16.0 Å². The second-order valence-corrected chi connectivity index (χ2v) is 4.98. The Labute approximate surface area is 125 Å². The number of nitrogens with zero attached hydrogens (tertiary/aromatic N) is 1. The van der Waals surface area contributed by atoms with Gasteiger partial charge in [-0.15, -0.1) is 0 Å². The molecule has 100 valence electrons. The van der Waals surface area contributed by atoms with Crippen LogP contribution in [0.3, 0.4) is 0 Å². The van der Waals surface area contributed by atoms with Crippen LogP contribution in [0, 0.1) is 6.92 Å². The van der Waals surface area contributed by atoms with Gasteiger partial charge in [-0.25, -0.2) is 5.84 Å². The Morgan fingerprint density at radius 3 is 2.47 bits per heavy atom. The van der Waals surface area contributed by atoms with E-state index in [0.29, 0.717) is 15.8 Å². The number of benzene rings is 1. The third-order valence-electron chi connectivity index (χ3n) is 2.38. The molecule has 0 saturated heterocycles. The number of nitrogens with one attached hydrogen (secondary N) is 1. The number of nitrogen functional groups attached to an aromatic ring is 1. The number of nitrogens with two attached hydrogens (primary N) is 1. The standard InChI is InChI=1S/C12H10Cl3N3O/c1-6-4-7(2-3-8(6)13)19-12-10(15)5-9(14)11(17-12)18-16/h2-5H,16H2,1H3,(H,17,18). The highest BCUT2D eigenvalue weighted by atomic mass is 35.5. The number of hydrogen-bond acceptors (Lipinski definition) is 4. The van der Waals surface area contributed by atoms with Gasteiger partial charge in [-0.3, -0.25) is 0 Å². The number of halogens is 3. The summed E-state index contributed by atoms with van der Waals surface area (Å²) >= 11 is 17.8. The average Bonchev–Trinajstić information content (AvgIpc) is 2.37. The predicted molar refractivity (Wildman–Crippen MR) is 78.3 cm³/mol. The van der Waals surface area contributed by atoms with Crippen molar-refractivity contribution in [3.8, 4) is 11.6 Å². The number of pyridine rings is 1. The molecule has 0 bridgehead atoms. The molecule has 1 heterocycles. The van der Waals surface area contributed by atoms with Crippen molar-refractivity contribution in [2.75, 3.05) is 5.43 Å². The number of aromatic nitrogens is 1. The smallest absolute Gasteiger partial charge is 0.240 e. The van der Waals surface area contributed by atoms with Crippen molar-refractivity contribution in [3.63, 3.8) is 0 Å². The van der Waals surface area contributed by atoms with Crippen molar-refractivity contribution in [2.45, 2.75) is 6.92 Å². The van der Waals surface area contributed by atoms with E-state index in [9.17, 15) is 0 Å². The molecule has 2 aromatic rings. The van der Waals surface area contributed by atoms with E-state index in [-0.39, 0.29) is 16.7 Å². The van der Waals surface area contributed by atoms with Crippen LogP contribution in [-0.2, 0) is 0 Å². The third-order valence-corrected chi connectivity index (χ3v) is 3.36. The van der Waals surface area contributed by atoms with Crippen molar-refractivity contribution in [2.24, 2.45) is 5.84 Å². The first-order chi connectivity index (χ1) is 9.01. The molecule has 1 aromatic carbocycles. The van der Waals surface area contributed by atoms with Crippen LogP contribution in [0.1, 0.15) is 5.56 Å². The van der Waals surface area contributed by atoms with Gasteiger partial charge in [0.15, 0.2) is 5.82 Å². The Kier molecular flexibility index (Phi) is 4.37. The SMILES string of the molecule is Cc1cc(Oc2nc(NN)c(Cl)cc2Cl)ccc1Cl. The Balaban J connectivity index is 2.34. The third kappa shape index (κ3) is 3.22. The zero-order chi connectivity index (χ0) is 14.0. The second kappa shape index (κ2) is 5.84. The molecule has 0 aliphatic rings. The van der Waals surface area contributed by atoms with Gasteiger partial charge in [-0.05, 0) is 36.8 Å². The van der Waals surface area contributed by atoms with Crippen LogP contribution in [0.4, 0.5) is 5.82 Å². The molecule has 0 unspecified atom stereocenters. The van der Waals surface area contributed by atoms with Gasteiger partial charge in [0.2, 0.25) is 5.88 Å². The summed E-state index contributed by atoms with van der Waals surface area (Å²) in [5, 5.41) is 1.26. The summed E-state index contributed by atoms with van der Waals surface area (Å²) in [5.74, 6) is 6.36. The Bertz CT molecular complexity index is 619. The molecule has 7 heteroatoms. The zero-order valence-corrected chi connectivity index (χ0v) is 12.1. The molecule has 4 nitrogen and oxygen atoms in total. The lowest BCUT2D eigenvalue weighted by Gasteiger charge is -2.10. The minimum Gasteiger partial charge on any atom is -0.437 e. The van der Waals surface area contributed by atoms with Gasteiger partial charge in [-0.1, -0.05) is 34.8 Å². The van der Waals surface area contributed by atoms with Gasteiger partial charge in [0.05, 0.1) is 5.02 Å². The number of aryl methyl sites for hydroxylation is 1. The van der Waals surface area contributed by atoms with E-state index in [1.165, 1.54) is 6.07 Å². The molecule has 0 amide bonds. The Morgan fingerprint density at radius 1 is 1.11 bits per heavy atom. The normalized spacial score (nSPS) is 10.4. The summed E-state index contributed by atoms with van der Waals surface area (Å²) in [5.41, 5.74) is 3.26. The molecule has 0 atom stereocenters. The zero-order valence-electron chi connectivity index (χ0n) is 9.88. The van der Waals surface area contributed by atoms with Crippen molar-refractivity contribution in [1.82, 2.24) is 4.98 Å². The highest BCUT2D eigenvalue weighted by Crippen LogP contribution is 2.33. The van der Waals surface area contributed by atoms with E-state index in [1.54, 1.807) is 18.2 Å². The number of rotatable bonds is 3. The number of anilines is 1. The van der Waals surface area contributed by atoms with Gasteiger partial charge in [0.25, 0.3) is 0 Å². The lowest BCUT2D eigenvalue weighted by atomic mass is 10.2. The van der Waals surface area contributed by atoms with Gasteiger partial charge in [0.1, 0.15) is 10.8 Å². The summed E-state index contributed by atoms with van der Waals surface area (Å²) in [4.78, 5) is 4.08. The van der Waals surface area contributed by atoms with Crippen LogP contribution in [0.2, 0.25) is 15.1 Å². The van der Waals surface area contributed by atoms with Crippen molar-refractivity contribution < 1.29 is 4.74 Å². The first kappa shape index (κ1) is 14.2. The molecule has 0 saturated carbocycles. The van der Waals surface area contributed by atoms with Crippen LogP contribution in [-0.4, -0.2) is 4.98 Å². The van der Waals surface area contributed by atoms with Crippen LogP contribution in [0.25, 0.3) is 0 Å². The lowest BCUT2D eigenvalue weighted by Crippen LogP contribution is -2.09. The van der Waals surface area contributed by atoms with E-state index in [0.717, 1.165) is 5.56 Å². The number of hydrazine groups is 1. The summed E-state index contributed by atoms with van der Waals surface area (Å²) in [7, 11) is 0. The number of hydrogen-bond donors (Lipinski definition) is 2. The number of ether oxygens (including phenoxy) is 1. The van der Waals surface area contributed by atoms with Crippen LogP contribution in [0.15, 0.2) is 24.3 Å². The van der Waals surface area contributed by atoms with Gasteiger partial charge in [0, 0.05) is 5.02 Å². The van der Waals surface area contributed by atoms with E-state index in [2.05, 4.69) is 10.4 Å². The first-order valence-electron chi connectivity index (χ1n) is 5.28. The van der Waals surface area contributed by atoms with Crippen molar-refractivity contribution in [3.05, 3.63) is 44.9 Å². The fraction of sp³-hybridized carbons (Fsp3) is 0.0833. The summed E-state index contributed by atoms with van der Waals surface area (Å²) in [6.07, 6.45) is 0. The monoisotopic (exact) mass is 317 g/mol. The minimum atomic E-state index is 0.209. The maximum atomic E-state index is 6.01. The Hall–Kier alpha value is -1.20. The second-order valence-electron chi connectivity index (χ2n) is 3.76. The van der Waals surface area contributed by atoms with Crippen molar-refractivity contribution in [1.29, 1.82) is 0 Å². The minimum absolute atomic E-state index is 0.209. The molecule has 19 heavy (non-hydrogen) atoms. The molecule has 0 spiro atoms. The molecular formula is C12H10Cl3N3O. The molecule has 0 radical (unpaired) electrons. The molecule has 0 aliphatic carbocycles. The highest BCUT2D eigenvalue weighted by Gasteiger charge is 2.11. The summed E-state index contributed by atoms with van der Waals surface area (Å²) in [6.45, 7) is 1.87. The fourth-order valence-corrected chi connectivity index (χ4v) is 1.98. The molecule has 3 N–H and O–H groups in total. The molecule has 0 fully saturated rings. The van der Waals surface area contributed by atoms with Crippen LogP contribution >= 0.6 is 34.8 Å². The van der Waals surface area contributed by atoms with Gasteiger partial charge in [-0.2, -0.15) is 4.98 Å². The summed E-state index contributed by atoms with van der Waals surface area (Å²) < 4.78 is 5.59. The Morgan fingerprint density at radius 2 is 1.84 bits per heavy atom. The van der Waals surface area contributed by atoms with E-state index < -0.39 is 0 Å². The molecule has 2 rings (SSSR count). The average molecular weight is 319 g/mol. The molecule has 1 aromatic heterocycles. The fourth-order valence-electron chi connectivity index (χ4n) is 1.41. The van der Waals surface area contributed by atoms with E-state index in [4.69, 9.17) is 45.4 Å². The predicted octanol–water partition coefficient (Wildman–Crippen LogP) is 4.43.